The van der Waals surface area contributed by atoms with Gasteiger partial charge in [-0.2, -0.15) is 16.8 Å². The van der Waals surface area contributed by atoms with Crippen LogP contribution >= 0.6 is 0 Å². The normalized spacial score (nSPS) is 22.8. The molecule has 0 radical (unpaired) electrons. The number of allylic oxidation sites excluding steroid dienone is 8. The van der Waals surface area contributed by atoms with Gasteiger partial charge in [0.2, 0.25) is 0 Å². The standard InChI is InChI=1S/C37H44N2O9S2.Na/c1-36(2)28-11-5-7-13-30(28)38(19-9-21-49(43,44)45)32(36)17-15-25-23-27(35(41)42)24-26(34(25)40)16-18-33-37(3,4)29-12-6-8-14-31(29)39(33)20-10-22-50(46,47)48;/h5-8,11-18,27H,9-10,19-24H2,1-4H3,(H,41,42)(H,43,44,45)(H,46,47,48);/q;+1/b25-15+,26-16?,32-17+,33-18?;. The summed E-state index contributed by atoms with van der Waals surface area (Å²) >= 11 is 0. The minimum absolute atomic E-state index is 0. The number of para-hydroxylation sites is 2. The summed E-state index contributed by atoms with van der Waals surface area (Å²) in [6.07, 6.45) is 7.41. The topological polar surface area (TPSA) is 170 Å². The molecule has 1 atom stereocenters. The van der Waals surface area contributed by atoms with Crippen molar-refractivity contribution < 1.29 is 70.2 Å². The van der Waals surface area contributed by atoms with Crippen LogP contribution in [0.15, 0.2) is 95.4 Å². The van der Waals surface area contributed by atoms with E-state index >= 15 is 0 Å². The minimum Gasteiger partial charge on any atom is -0.481 e. The van der Waals surface area contributed by atoms with E-state index in [-0.39, 0.29) is 61.0 Å². The maximum atomic E-state index is 14.0. The van der Waals surface area contributed by atoms with Gasteiger partial charge in [-0.3, -0.25) is 18.7 Å². The van der Waals surface area contributed by atoms with Crippen LogP contribution in [0.25, 0.3) is 0 Å². The largest absolute Gasteiger partial charge is 1.00 e. The van der Waals surface area contributed by atoms with Crippen molar-refractivity contribution in [1.82, 2.24) is 0 Å². The summed E-state index contributed by atoms with van der Waals surface area (Å²) in [6.45, 7) is 8.73. The Morgan fingerprint density at radius 1 is 0.725 bits per heavy atom. The van der Waals surface area contributed by atoms with Crippen LogP contribution in [0.5, 0.6) is 0 Å². The van der Waals surface area contributed by atoms with Crippen molar-refractivity contribution in [2.24, 2.45) is 5.92 Å². The predicted molar refractivity (Wildman–Crippen MR) is 193 cm³/mol. The Labute approximate surface area is 322 Å². The van der Waals surface area contributed by atoms with Crippen molar-refractivity contribution in [3.8, 4) is 0 Å². The number of hydrogen-bond acceptors (Lipinski definition) is 8. The molecular weight excluding hydrogens is 704 g/mol. The quantitative estimate of drug-likeness (QED) is 0.176. The number of nitrogens with zero attached hydrogens (tertiary/aromatic N) is 2. The molecule has 5 rings (SSSR count). The number of hydrogen-bond donors (Lipinski definition) is 3. The van der Waals surface area contributed by atoms with Crippen molar-refractivity contribution >= 4 is 43.4 Å². The maximum Gasteiger partial charge on any atom is 1.00 e. The van der Waals surface area contributed by atoms with Gasteiger partial charge in [0.1, 0.15) is 0 Å². The zero-order valence-electron chi connectivity index (χ0n) is 29.7. The number of rotatable bonds is 11. The van der Waals surface area contributed by atoms with Gasteiger partial charge < -0.3 is 14.9 Å². The molecule has 0 saturated heterocycles. The fraction of sp³-hybridized carbons (Fsp3) is 0.405. The van der Waals surface area contributed by atoms with Crippen LogP contribution in [-0.2, 0) is 40.7 Å². The third-order valence-corrected chi connectivity index (χ3v) is 11.5. The SMILES string of the molecule is CC1(C)C(=CC=C2CC(C(=O)O)C/C(=C\C=C3\N(CCCS(=O)(=O)O)c4ccccc4C3(C)C)C2=O)N(CCCS(=O)(=O)O)c2ccccc21.[Na+]. The van der Waals surface area contributed by atoms with Crippen LogP contribution in [0.3, 0.4) is 0 Å². The molecule has 0 bridgehead atoms. The van der Waals surface area contributed by atoms with E-state index in [1.807, 2.05) is 98.2 Å². The fourth-order valence-corrected chi connectivity index (χ4v) is 8.38. The number of carbonyl (C=O) groups excluding carboxylic acids is 1. The van der Waals surface area contributed by atoms with Crippen molar-refractivity contribution in [2.45, 2.75) is 64.2 Å². The van der Waals surface area contributed by atoms with Gasteiger partial charge in [-0.1, -0.05) is 76.2 Å². The number of ketones is 1. The molecule has 1 aliphatic carbocycles. The van der Waals surface area contributed by atoms with Gasteiger partial charge in [0.05, 0.1) is 17.4 Å². The summed E-state index contributed by atoms with van der Waals surface area (Å²) in [7, 11) is -8.30. The van der Waals surface area contributed by atoms with Crippen LogP contribution in [0, 0.1) is 5.92 Å². The number of carbonyl (C=O) groups is 2. The van der Waals surface area contributed by atoms with Gasteiger partial charge in [-0.25, -0.2) is 0 Å². The van der Waals surface area contributed by atoms with Crippen molar-refractivity contribution in [1.29, 1.82) is 0 Å². The molecule has 2 aromatic rings. The van der Waals surface area contributed by atoms with Crippen LogP contribution in [0.2, 0.25) is 0 Å². The first-order chi connectivity index (χ1) is 23.3. The van der Waals surface area contributed by atoms with Crippen LogP contribution in [0.4, 0.5) is 11.4 Å². The number of carboxylic acid groups (broad SMARTS) is 1. The van der Waals surface area contributed by atoms with E-state index in [1.54, 1.807) is 12.2 Å². The average molecular weight is 748 g/mol. The molecule has 2 aromatic carbocycles. The summed E-state index contributed by atoms with van der Waals surface area (Å²) in [4.78, 5) is 30.3. The molecule has 268 valence electrons. The molecule has 2 heterocycles. The summed E-state index contributed by atoms with van der Waals surface area (Å²) in [5.74, 6) is -2.92. The van der Waals surface area contributed by atoms with E-state index in [9.17, 15) is 40.6 Å². The van der Waals surface area contributed by atoms with E-state index in [0.29, 0.717) is 24.2 Å². The Balaban J connectivity index is 0.00000583. The molecule has 14 heteroatoms. The Morgan fingerprint density at radius 3 is 1.45 bits per heavy atom. The molecule has 11 nitrogen and oxygen atoms in total. The maximum absolute atomic E-state index is 14.0. The van der Waals surface area contributed by atoms with Gasteiger partial charge in [0, 0.05) is 57.8 Å². The number of fused-ring (bicyclic) bond motifs is 2. The summed E-state index contributed by atoms with van der Waals surface area (Å²) in [5, 5.41) is 10.1. The molecule has 1 unspecified atom stereocenters. The van der Waals surface area contributed by atoms with Crippen LogP contribution < -0.4 is 39.4 Å². The van der Waals surface area contributed by atoms with E-state index in [1.165, 1.54) is 0 Å². The number of aliphatic carboxylic acids is 1. The van der Waals surface area contributed by atoms with Gasteiger partial charge in [-0.05, 0) is 61.1 Å². The zero-order chi connectivity index (χ0) is 36.6. The smallest absolute Gasteiger partial charge is 0.481 e. The van der Waals surface area contributed by atoms with Crippen LogP contribution in [-0.4, -0.2) is 67.4 Å². The zero-order valence-corrected chi connectivity index (χ0v) is 33.3. The second kappa shape index (κ2) is 15.5. The molecule has 0 aromatic heterocycles. The molecule has 51 heavy (non-hydrogen) atoms. The molecule has 1 fully saturated rings. The first-order valence-corrected chi connectivity index (χ1v) is 19.8. The first kappa shape index (κ1) is 40.7. The van der Waals surface area contributed by atoms with E-state index < -0.39 is 54.5 Å². The summed E-state index contributed by atoms with van der Waals surface area (Å²) in [5.41, 5.74) is 5.09. The molecule has 0 spiro atoms. The Morgan fingerprint density at radius 2 is 1.10 bits per heavy atom. The molecule has 2 aliphatic heterocycles. The summed E-state index contributed by atoms with van der Waals surface area (Å²) in [6, 6.07) is 15.5. The number of Topliss-reactive ketones (excluding diaryl/α,β-unsaturated/α-hetero) is 1. The van der Waals surface area contributed by atoms with Gasteiger partial charge in [-0.15, -0.1) is 0 Å². The first-order valence-electron chi connectivity index (χ1n) is 16.6. The van der Waals surface area contributed by atoms with Crippen LogP contribution in [0.1, 0.15) is 64.5 Å². The third kappa shape index (κ3) is 8.95. The molecule has 3 aliphatic rings. The predicted octanol–water partition coefficient (Wildman–Crippen LogP) is 2.83. The average Bonchev–Trinajstić information content (AvgIpc) is 3.37. The second-order valence-electron chi connectivity index (χ2n) is 14.1. The molecule has 1 saturated carbocycles. The number of anilines is 2. The third-order valence-electron chi connectivity index (χ3n) is 9.92. The van der Waals surface area contributed by atoms with Crippen molar-refractivity contribution in [3.63, 3.8) is 0 Å². The van der Waals surface area contributed by atoms with E-state index in [0.717, 1.165) is 33.9 Å². The molecule has 3 N–H and O–H groups in total. The second-order valence-corrected chi connectivity index (χ2v) is 17.3. The minimum atomic E-state index is -4.15. The van der Waals surface area contributed by atoms with Gasteiger partial charge in [0.15, 0.2) is 5.78 Å². The Kier molecular flexibility index (Phi) is 12.4. The number of carboxylic acids is 1. The van der Waals surface area contributed by atoms with Gasteiger partial charge in [0.25, 0.3) is 20.2 Å². The fourth-order valence-electron chi connectivity index (χ4n) is 7.39. The number of benzene rings is 2. The van der Waals surface area contributed by atoms with E-state index in [2.05, 4.69) is 0 Å². The van der Waals surface area contributed by atoms with Crippen molar-refractivity contribution in [3.05, 3.63) is 107 Å². The Bertz CT molecular complexity index is 1910. The molecule has 0 amide bonds. The molecular formula is C37H44N2NaO9S2+. The van der Waals surface area contributed by atoms with Crippen molar-refractivity contribution in [2.75, 3.05) is 34.4 Å². The summed E-state index contributed by atoms with van der Waals surface area (Å²) < 4.78 is 64.5. The Hall–Kier alpha value is -3.04. The monoisotopic (exact) mass is 747 g/mol. The van der Waals surface area contributed by atoms with E-state index in [4.69, 9.17) is 0 Å². The van der Waals surface area contributed by atoms with Gasteiger partial charge >= 0.3 is 35.5 Å².